The highest BCUT2D eigenvalue weighted by molar-refractivity contribution is 5.96. The van der Waals surface area contributed by atoms with Crippen LogP contribution in [0.3, 0.4) is 0 Å². The Labute approximate surface area is 240 Å². The zero-order chi connectivity index (χ0) is 30.9. The highest BCUT2D eigenvalue weighted by Gasteiger charge is 2.67. The number of fused-ring (bicyclic) bond motifs is 5. The second-order valence-corrected chi connectivity index (χ2v) is 11.6. The van der Waals surface area contributed by atoms with E-state index in [4.69, 9.17) is 14.2 Å². The highest BCUT2D eigenvalue weighted by Crippen LogP contribution is 2.66. The number of hydrogen-bond donors (Lipinski definition) is 0. The molecule has 4 aliphatic carbocycles. The molecule has 4 rings (SSSR count). The van der Waals surface area contributed by atoms with Gasteiger partial charge in [0.25, 0.3) is 10.2 Å². The molecule has 0 spiro atoms. The highest BCUT2D eigenvalue weighted by atomic mass is 17.0. The number of esters is 2. The molecule has 0 N–H and O–H groups in total. The predicted octanol–water partition coefficient (Wildman–Crippen LogP) is 2.26. The first-order valence-electron chi connectivity index (χ1n) is 13.7. The fourth-order valence-electron chi connectivity index (χ4n) is 7.63. The average molecular weight is 595 g/mol. The molecule has 2 fully saturated rings. The van der Waals surface area contributed by atoms with Crippen LogP contribution in [0.4, 0.5) is 0 Å². The van der Waals surface area contributed by atoms with Crippen molar-refractivity contribution in [2.45, 2.75) is 70.5 Å². The first-order chi connectivity index (χ1) is 19.8. The van der Waals surface area contributed by atoms with E-state index in [1.165, 1.54) is 7.11 Å². The van der Waals surface area contributed by atoms with E-state index in [-0.39, 0.29) is 24.0 Å². The summed E-state index contributed by atoms with van der Waals surface area (Å²) in [5, 5.41) is 18.7. The molecule has 0 amide bonds. The van der Waals surface area contributed by atoms with E-state index in [0.29, 0.717) is 25.7 Å². The Balaban J connectivity index is 1.64. The van der Waals surface area contributed by atoms with Gasteiger partial charge in [0, 0.05) is 17.9 Å². The number of allylic oxidation sites excluding steroid dienone is 3. The van der Waals surface area contributed by atoms with Crippen LogP contribution in [-0.4, -0.2) is 72.3 Å². The van der Waals surface area contributed by atoms with E-state index < -0.39 is 76.7 Å². The fourth-order valence-corrected chi connectivity index (χ4v) is 7.63. The monoisotopic (exact) mass is 594 g/mol. The minimum atomic E-state index is -1.73. The zero-order valence-electron chi connectivity index (χ0n) is 23.7. The van der Waals surface area contributed by atoms with Gasteiger partial charge in [0.05, 0.1) is 6.42 Å². The molecular weight excluding hydrogens is 560 g/mol. The van der Waals surface area contributed by atoms with E-state index in [0.717, 1.165) is 17.6 Å². The Morgan fingerprint density at radius 3 is 2.43 bits per heavy atom. The minimum absolute atomic E-state index is 0.0128. The van der Waals surface area contributed by atoms with E-state index >= 15 is 0 Å². The van der Waals surface area contributed by atoms with Gasteiger partial charge in [0.1, 0.15) is 12.7 Å². The SMILES string of the molecule is COC1C[C@@]2(C)C(=CC1=O)CC[C@@H]1C2=CC[C@@]2(C)[C@H]1CC[C@]2(OC(=O)CCO[N+](=O)[O-])C(=O)COC(=O)CO[N+](=O)[O-]. The van der Waals surface area contributed by atoms with Gasteiger partial charge in [0.15, 0.2) is 24.6 Å². The quantitative estimate of drug-likeness (QED) is 0.138. The Hall–Kier alpha value is -3.88. The number of carbonyl (C=O) groups excluding carboxylic acids is 4. The van der Waals surface area contributed by atoms with Crippen molar-refractivity contribution in [3.63, 3.8) is 0 Å². The number of ether oxygens (including phenoxy) is 3. The van der Waals surface area contributed by atoms with Crippen LogP contribution >= 0.6 is 0 Å². The molecule has 6 atom stereocenters. The summed E-state index contributed by atoms with van der Waals surface area (Å²) in [7, 11) is 1.51. The number of ketones is 2. The van der Waals surface area contributed by atoms with Gasteiger partial charge in [-0.25, -0.2) is 4.79 Å². The maximum atomic E-state index is 13.8. The number of carbonyl (C=O) groups is 4. The minimum Gasteiger partial charge on any atom is -0.456 e. The molecule has 0 saturated heterocycles. The van der Waals surface area contributed by atoms with E-state index in [2.05, 4.69) is 22.7 Å². The molecule has 0 heterocycles. The summed E-state index contributed by atoms with van der Waals surface area (Å²) >= 11 is 0. The van der Waals surface area contributed by atoms with Gasteiger partial charge < -0.3 is 23.9 Å². The normalized spacial score (nSPS) is 33.1. The Morgan fingerprint density at radius 1 is 1.05 bits per heavy atom. The number of Topliss-reactive ketones (excluding diaryl/α,β-unsaturated/α-hetero) is 1. The molecule has 230 valence electrons. The molecule has 0 bridgehead atoms. The van der Waals surface area contributed by atoms with Crippen LogP contribution in [0.1, 0.15) is 58.8 Å². The summed E-state index contributed by atoms with van der Waals surface area (Å²) in [6.07, 6.45) is 5.56. The lowest BCUT2D eigenvalue weighted by atomic mass is 9.50. The first-order valence-corrected chi connectivity index (χ1v) is 13.7. The van der Waals surface area contributed by atoms with Crippen LogP contribution in [-0.2, 0) is 43.1 Å². The summed E-state index contributed by atoms with van der Waals surface area (Å²) in [5.74, 6) is -2.90. The lowest BCUT2D eigenvalue weighted by Gasteiger charge is -2.55. The van der Waals surface area contributed by atoms with Gasteiger partial charge in [-0.2, -0.15) is 0 Å². The fraction of sp³-hybridized carbons (Fsp3) is 0.704. The van der Waals surface area contributed by atoms with Crippen molar-refractivity contribution in [1.29, 1.82) is 0 Å². The van der Waals surface area contributed by atoms with Crippen molar-refractivity contribution in [3.8, 4) is 0 Å². The van der Waals surface area contributed by atoms with Crippen molar-refractivity contribution >= 4 is 23.5 Å². The summed E-state index contributed by atoms with van der Waals surface area (Å²) in [4.78, 5) is 80.4. The maximum absolute atomic E-state index is 13.8. The summed E-state index contributed by atoms with van der Waals surface area (Å²) in [6, 6.07) is 0. The van der Waals surface area contributed by atoms with Crippen molar-refractivity contribution < 1.29 is 53.2 Å². The third kappa shape index (κ3) is 5.49. The van der Waals surface area contributed by atoms with E-state index in [1.807, 2.05) is 6.92 Å². The molecule has 4 aliphatic rings. The number of rotatable bonds is 12. The molecule has 42 heavy (non-hydrogen) atoms. The van der Waals surface area contributed by atoms with Crippen LogP contribution in [0.5, 0.6) is 0 Å². The summed E-state index contributed by atoms with van der Waals surface area (Å²) in [6.45, 7) is 1.56. The molecule has 1 unspecified atom stereocenters. The number of nitrogens with zero attached hydrogens (tertiary/aromatic N) is 2. The molecule has 15 heteroatoms. The van der Waals surface area contributed by atoms with Crippen molar-refractivity contribution in [1.82, 2.24) is 0 Å². The molecule has 0 aromatic heterocycles. The molecule has 0 aromatic rings. The smallest absolute Gasteiger partial charge is 0.332 e. The summed E-state index contributed by atoms with van der Waals surface area (Å²) in [5.41, 5.74) is -0.853. The second-order valence-electron chi connectivity index (χ2n) is 11.6. The van der Waals surface area contributed by atoms with E-state index in [1.54, 1.807) is 6.08 Å². The Kier molecular flexibility index (Phi) is 8.71. The molecule has 0 radical (unpaired) electrons. The number of methoxy groups -OCH3 is 1. The predicted molar refractivity (Wildman–Crippen MR) is 138 cm³/mol. The van der Waals surface area contributed by atoms with Crippen LogP contribution in [0.15, 0.2) is 23.3 Å². The second kappa shape index (κ2) is 11.8. The zero-order valence-corrected chi connectivity index (χ0v) is 23.7. The van der Waals surface area contributed by atoms with Gasteiger partial charge in [-0.15, -0.1) is 20.2 Å². The molecule has 0 aromatic carbocycles. The summed E-state index contributed by atoms with van der Waals surface area (Å²) < 4.78 is 16.3. The molecule has 2 saturated carbocycles. The lowest BCUT2D eigenvalue weighted by Crippen LogP contribution is -2.58. The van der Waals surface area contributed by atoms with Gasteiger partial charge in [-0.05, 0) is 56.4 Å². The van der Waals surface area contributed by atoms with Crippen LogP contribution in [0.25, 0.3) is 0 Å². The Bertz CT molecular complexity index is 1240. The third-order valence-electron chi connectivity index (χ3n) is 9.66. The Morgan fingerprint density at radius 2 is 1.76 bits per heavy atom. The number of hydrogen-bond acceptors (Lipinski definition) is 13. The van der Waals surface area contributed by atoms with Crippen LogP contribution in [0, 0.1) is 42.9 Å². The van der Waals surface area contributed by atoms with Crippen LogP contribution in [0.2, 0.25) is 0 Å². The molecule has 15 nitrogen and oxygen atoms in total. The maximum Gasteiger partial charge on any atom is 0.332 e. The van der Waals surface area contributed by atoms with Gasteiger partial charge in [-0.3, -0.25) is 14.4 Å². The molecular formula is C27H34N2O13. The standard InChI is InChI=1S/C27H34N2O13/c1-25-13-21(38-3)20(30)12-16(25)4-5-17-18(25)6-9-26(2)19(17)7-10-27(26,42-23(32)8-11-40-28(34)35)22(31)14-39-24(33)15-41-29(36)37/h6,12,17,19,21H,4-5,7-11,13-15H2,1-3H3/t17-,19+,21?,25+,26+,27+/m1/s1. The van der Waals surface area contributed by atoms with Gasteiger partial charge >= 0.3 is 11.9 Å². The van der Waals surface area contributed by atoms with Gasteiger partial charge in [0.2, 0.25) is 5.78 Å². The average Bonchev–Trinajstić information content (AvgIpc) is 3.23. The van der Waals surface area contributed by atoms with Crippen molar-refractivity contribution in [2.24, 2.45) is 22.7 Å². The van der Waals surface area contributed by atoms with Gasteiger partial charge in [-0.1, -0.05) is 31.1 Å². The van der Waals surface area contributed by atoms with Crippen LogP contribution < -0.4 is 0 Å². The van der Waals surface area contributed by atoms with Crippen molar-refractivity contribution in [3.05, 3.63) is 43.5 Å². The molecule has 0 aliphatic heterocycles. The van der Waals surface area contributed by atoms with E-state index in [9.17, 15) is 39.4 Å². The first kappa shape index (κ1) is 31.1. The topological polar surface area (TPSA) is 201 Å². The third-order valence-corrected chi connectivity index (χ3v) is 9.66. The largest absolute Gasteiger partial charge is 0.456 e. The lowest BCUT2D eigenvalue weighted by molar-refractivity contribution is -0.757. The van der Waals surface area contributed by atoms with Crippen molar-refractivity contribution in [2.75, 3.05) is 26.9 Å².